The Kier molecular flexibility index (Phi) is 6.25. The van der Waals surface area contributed by atoms with E-state index in [1.807, 2.05) is 24.3 Å². The van der Waals surface area contributed by atoms with Gasteiger partial charge in [0.25, 0.3) is 0 Å². The number of para-hydroxylation sites is 1. The van der Waals surface area contributed by atoms with Crippen LogP contribution in [0.5, 0.6) is 11.5 Å². The van der Waals surface area contributed by atoms with Crippen molar-refractivity contribution in [2.24, 2.45) is 0 Å². The van der Waals surface area contributed by atoms with Gasteiger partial charge in [0.15, 0.2) is 0 Å². The van der Waals surface area contributed by atoms with E-state index in [-0.39, 0.29) is 5.56 Å². The van der Waals surface area contributed by atoms with Gasteiger partial charge in [-0.25, -0.2) is 14.8 Å². The molecule has 8 nitrogen and oxygen atoms in total. The van der Waals surface area contributed by atoms with Crippen LogP contribution in [0.3, 0.4) is 0 Å². The summed E-state index contributed by atoms with van der Waals surface area (Å²) in [5.41, 5.74) is 0.631. The first-order valence-corrected chi connectivity index (χ1v) is 8.58. The number of nitrogens with one attached hydrogen (secondary N) is 2. The van der Waals surface area contributed by atoms with Crippen LogP contribution in [0.2, 0.25) is 0 Å². The van der Waals surface area contributed by atoms with Crippen molar-refractivity contribution in [3.05, 3.63) is 66.5 Å². The Morgan fingerprint density at radius 3 is 2.50 bits per heavy atom. The highest BCUT2D eigenvalue weighted by atomic mass is 16.5. The molecule has 0 amide bonds. The molecule has 28 heavy (non-hydrogen) atoms. The fourth-order valence-electron chi connectivity index (χ4n) is 2.46. The molecule has 0 spiro atoms. The molecule has 0 saturated carbocycles. The predicted molar refractivity (Wildman–Crippen MR) is 106 cm³/mol. The van der Waals surface area contributed by atoms with Gasteiger partial charge in [-0.3, -0.25) is 0 Å². The standard InChI is InChI=1S/C20H20N4O4/c1-27-14-6-8-15(9-7-14)28-11-10-21-18-12-19(23-13-22-18)24-17-5-3-2-4-16(17)20(25)26/h2-9,12-13H,10-11H2,1H3,(H,25,26)(H2,21,22,23,24). The lowest BCUT2D eigenvalue weighted by Gasteiger charge is -2.11. The molecule has 0 unspecified atom stereocenters. The number of hydrogen-bond acceptors (Lipinski definition) is 7. The number of hydrogen-bond donors (Lipinski definition) is 3. The Labute approximate surface area is 162 Å². The molecule has 8 heteroatoms. The monoisotopic (exact) mass is 380 g/mol. The van der Waals surface area contributed by atoms with E-state index in [9.17, 15) is 9.90 Å². The van der Waals surface area contributed by atoms with E-state index in [1.165, 1.54) is 12.4 Å². The Hall–Kier alpha value is -3.81. The molecule has 0 saturated heterocycles. The van der Waals surface area contributed by atoms with Gasteiger partial charge in [0.2, 0.25) is 0 Å². The molecule has 0 aliphatic carbocycles. The number of methoxy groups -OCH3 is 1. The lowest BCUT2D eigenvalue weighted by Crippen LogP contribution is -2.12. The molecule has 1 aromatic heterocycles. The summed E-state index contributed by atoms with van der Waals surface area (Å²) in [6.07, 6.45) is 1.40. The van der Waals surface area contributed by atoms with Crippen molar-refractivity contribution in [2.45, 2.75) is 0 Å². The largest absolute Gasteiger partial charge is 0.497 e. The molecule has 0 bridgehead atoms. The minimum absolute atomic E-state index is 0.170. The number of rotatable bonds is 9. The number of carboxylic acids is 1. The Morgan fingerprint density at radius 2 is 1.75 bits per heavy atom. The van der Waals surface area contributed by atoms with Crippen LogP contribution < -0.4 is 20.1 Å². The molecule has 0 fully saturated rings. The van der Waals surface area contributed by atoms with Gasteiger partial charge in [0.1, 0.15) is 36.1 Å². The fourth-order valence-corrected chi connectivity index (χ4v) is 2.46. The second-order valence-corrected chi connectivity index (χ2v) is 5.71. The van der Waals surface area contributed by atoms with Gasteiger partial charge < -0.3 is 25.2 Å². The Balaban J connectivity index is 1.54. The molecule has 0 atom stereocenters. The molecule has 1 heterocycles. The average Bonchev–Trinajstić information content (AvgIpc) is 2.72. The molecular formula is C20H20N4O4. The maximum Gasteiger partial charge on any atom is 0.337 e. The number of carbonyl (C=O) groups is 1. The number of nitrogens with zero attached hydrogens (tertiary/aromatic N) is 2. The summed E-state index contributed by atoms with van der Waals surface area (Å²) in [6.45, 7) is 0.981. The number of anilines is 3. The van der Waals surface area contributed by atoms with Crippen LogP contribution in [0.15, 0.2) is 60.9 Å². The normalized spacial score (nSPS) is 10.2. The van der Waals surface area contributed by atoms with E-state index in [1.54, 1.807) is 31.4 Å². The number of benzene rings is 2. The van der Waals surface area contributed by atoms with Crippen LogP contribution in [0.1, 0.15) is 10.4 Å². The van der Waals surface area contributed by atoms with Crippen LogP contribution in [0, 0.1) is 0 Å². The highest BCUT2D eigenvalue weighted by molar-refractivity contribution is 5.95. The van der Waals surface area contributed by atoms with Gasteiger partial charge in [-0.15, -0.1) is 0 Å². The smallest absolute Gasteiger partial charge is 0.337 e. The lowest BCUT2D eigenvalue weighted by molar-refractivity contribution is 0.0698. The van der Waals surface area contributed by atoms with Crippen LogP contribution in [-0.2, 0) is 0 Å². The van der Waals surface area contributed by atoms with Crippen molar-refractivity contribution in [3.63, 3.8) is 0 Å². The number of carboxylic acid groups (broad SMARTS) is 1. The maximum absolute atomic E-state index is 11.3. The molecule has 3 N–H and O–H groups in total. The van der Waals surface area contributed by atoms with Crippen LogP contribution >= 0.6 is 0 Å². The Morgan fingerprint density at radius 1 is 1.04 bits per heavy atom. The second kappa shape index (κ2) is 9.22. The van der Waals surface area contributed by atoms with Crippen molar-refractivity contribution in [3.8, 4) is 11.5 Å². The third-order valence-corrected chi connectivity index (χ3v) is 3.82. The van der Waals surface area contributed by atoms with E-state index < -0.39 is 5.97 Å². The zero-order valence-electron chi connectivity index (χ0n) is 15.3. The van der Waals surface area contributed by atoms with Crippen molar-refractivity contribution in [2.75, 3.05) is 30.9 Å². The van der Waals surface area contributed by atoms with Crippen molar-refractivity contribution >= 4 is 23.3 Å². The summed E-state index contributed by atoms with van der Waals surface area (Å²) in [6, 6.07) is 15.7. The quantitative estimate of drug-likeness (QED) is 0.485. The number of aromatic carboxylic acids is 1. The zero-order chi connectivity index (χ0) is 19.8. The van der Waals surface area contributed by atoms with Gasteiger partial charge in [-0.05, 0) is 36.4 Å². The fraction of sp³-hybridized carbons (Fsp3) is 0.150. The van der Waals surface area contributed by atoms with Gasteiger partial charge in [0, 0.05) is 6.07 Å². The first-order valence-electron chi connectivity index (χ1n) is 8.58. The van der Waals surface area contributed by atoms with Gasteiger partial charge in [-0.2, -0.15) is 0 Å². The lowest BCUT2D eigenvalue weighted by atomic mass is 10.2. The molecule has 3 aromatic rings. The van der Waals surface area contributed by atoms with E-state index >= 15 is 0 Å². The summed E-state index contributed by atoms with van der Waals surface area (Å²) >= 11 is 0. The minimum atomic E-state index is -1.01. The highest BCUT2D eigenvalue weighted by Crippen LogP contribution is 2.21. The average molecular weight is 380 g/mol. The molecule has 144 valence electrons. The van der Waals surface area contributed by atoms with E-state index in [2.05, 4.69) is 20.6 Å². The first-order chi connectivity index (χ1) is 13.7. The second-order valence-electron chi connectivity index (χ2n) is 5.71. The molecule has 0 aliphatic heterocycles. The van der Waals surface area contributed by atoms with Crippen LogP contribution in [-0.4, -0.2) is 41.3 Å². The predicted octanol–water partition coefficient (Wildman–Crippen LogP) is 3.42. The number of aromatic nitrogens is 2. The molecule has 0 aliphatic rings. The van der Waals surface area contributed by atoms with Crippen molar-refractivity contribution < 1.29 is 19.4 Å². The highest BCUT2D eigenvalue weighted by Gasteiger charge is 2.09. The summed E-state index contributed by atoms with van der Waals surface area (Å²) < 4.78 is 10.8. The third kappa shape index (κ3) is 5.10. The summed E-state index contributed by atoms with van der Waals surface area (Å²) in [7, 11) is 1.62. The molecule has 2 aromatic carbocycles. The van der Waals surface area contributed by atoms with Gasteiger partial charge in [0.05, 0.1) is 24.9 Å². The summed E-state index contributed by atoms with van der Waals surface area (Å²) in [4.78, 5) is 19.6. The Bertz CT molecular complexity index is 931. The summed E-state index contributed by atoms with van der Waals surface area (Å²) in [5.74, 6) is 1.60. The van der Waals surface area contributed by atoms with Gasteiger partial charge in [-0.1, -0.05) is 12.1 Å². The van der Waals surface area contributed by atoms with Gasteiger partial charge >= 0.3 is 5.97 Å². The zero-order valence-corrected chi connectivity index (χ0v) is 15.3. The first kappa shape index (κ1) is 19.0. The topological polar surface area (TPSA) is 106 Å². The maximum atomic E-state index is 11.3. The van der Waals surface area contributed by atoms with Crippen LogP contribution in [0.4, 0.5) is 17.3 Å². The third-order valence-electron chi connectivity index (χ3n) is 3.82. The van der Waals surface area contributed by atoms with E-state index in [0.29, 0.717) is 30.5 Å². The minimum Gasteiger partial charge on any atom is -0.497 e. The molecule has 3 rings (SSSR count). The molecule has 0 radical (unpaired) electrons. The van der Waals surface area contributed by atoms with Crippen molar-refractivity contribution in [1.82, 2.24) is 9.97 Å². The summed E-state index contributed by atoms with van der Waals surface area (Å²) in [5, 5.41) is 15.4. The van der Waals surface area contributed by atoms with E-state index in [0.717, 1.165) is 11.5 Å². The van der Waals surface area contributed by atoms with Crippen molar-refractivity contribution in [1.29, 1.82) is 0 Å². The van der Waals surface area contributed by atoms with E-state index in [4.69, 9.17) is 9.47 Å². The number of ether oxygens (including phenoxy) is 2. The molecular weight excluding hydrogens is 360 g/mol. The van der Waals surface area contributed by atoms with Crippen LogP contribution in [0.25, 0.3) is 0 Å². The SMILES string of the molecule is COc1ccc(OCCNc2cc(Nc3ccccc3C(=O)O)ncn2)cc1.